The van der Waals surface area contributed by atoms with Gasteiger partial charge in [-0.1, -0.05) is 0 Å². The van der Waals surface area contributed by atoms with Crippen LogP contribution in [0.2, 0.25) is 0 Å². The standard InChI is InChI=1S/C5H10ClNO3S/c6-7-3-1-5(2-4-7)11(8,9)10/h5H,1-4H2,(H,8,9,10). The Morgan fingerprint density at radius 2 is 1.82 bits per heavy atom. The van der Waals surface area contributed by atoms with Gasteiger partial charge < -0.3 is 0 Å². The highest BCUT2D eigenvalue weighted by Crippen LogP contribution is 2.17. The largest absolute Gasteiger partial charge is 0.285 e. The lowest BCUT2D eigenvalue weighted by atomic mass is 10.2. The molecule has 1 saturated heterocycles. The predicted molar refractivity (Wildman–Crippen MR) is 42.0 cm³/mol. The van der Waals surface area contributed by atoms with Crippen molar-refractivity contribution in [2.24, 2.45) is 0 Å². The van der Waals surface area contributed by atoms with E-state index in [9.17, 15) is 8.42 Å². The van der Waals surface area contributed by atoms with Gasteiger partial charge in [-0.05, 0) is 24.6 Å². The fraction of sp³-hybridized carbons (Fsp3) is 1.00. The molecule has 0 bridgehead atoms. The zero-order valence-corrected chi connectivity index (χ0v) is 7.48. The van der Waals surface area contributed by atoms with E-state index in [-0.39, 0.29) is 0 Å². The maximum Gasteiger partial charge on any atom is 0.267 e. The molecule has 0 amide bonds. The van der Waals surface area contributed by atoms with E-state index >= 15 is 0 Å². The van der Waals surface area contributed by atoms with Crippen LogP contribution < -0.4 is 0 Å². The van der Waals surface area contributed by atoms with Crippen molar-refractivity contribution in [2.45, 2.75) is 18.1 Å². The molecule has 1 rings (SSSR count). The first kappa shape index (κ1) is 9.25. The molecule has 0 aliphatic carbocycles. The van der Waals surface area contributed by atoms with E-state index in [2.05, 4.69) is 0 Å². The van der Waals surface area contributed by atoms with E-state index in [4.69, 9.17) is 16.3 Å². The second-order valence-corrected chi connectivity index (χ2v) is 4.80. The molecule has 1 fully saturated rings. The second kappa shape index (κ2) is 3.26. The van der Waals surface area contributed by atoms with Crippen LogP contribution >= 0.6 is 11.8 Å². The van der Waals surface area contributed by atoms with Gasteiger partial charge >= 0.3 is 0 Å². The predicted octanol–water partition coefficient (Wildman–Crippen LogP) is 0.492. The van der Waals surface area contributed by atoms with Crippen molar-refractivity contribution in [1.82, 2.24) is 4.42 Å². The van der Waals surface area contributed by atoms with Crippen LogP contribution in [0.4, 0.5) is 0 Å². The average molecular weight is 200 g/mol. The Labute approximate surface area is 71.0 Å². The highest BCUT2D eigenvalue weighted by Gasteiger charge is 2.27. The van der Waals surface area contributed by atoms with E-state index in [1.807, 2.05) is 0 Å². The van der Waals surface area contributed by atoms with E-state index in [1.54, 1.807) is 0 Å². The monoisotopic (exact) mass is 199 g/mol. The van der Waals surface area contributed by atoms with Gasteiger partial charge in [0.1, 0.15) is 0 Å². The van der Waals surface area contributed by atoms with Gasteiger partial charge in [-0.2, -0.15) is 8.42 Å². The number of hydrogen-bond donors (Lipinski definition) is 1. The lowest BCUT2D eigenvalue weighted by Crippen LogP contribution is -2.34. The number of halogens is 1. The van der Waals surface area contributed by atoms with Crippen LogP contribution in [0, 0.1) is 0 Å². The summed E-state index contributed by atoms with van der Waals surface area (Å²) in [5, 5.41) is -0.613. The van der Waals surface area contributed by atoms with Crippen LogP contribution in [0.15, 0.2) is 0 Å². The van der Waals surface area contributed by atoms with Crippen molar-refractivity contribution in [3.8, 4) is 0 Å². The Morgan fingerprint density at radius 1 is 1.36 bits per heavy atom. The number of nitrogens with zero attached hydrogens (tertiary/aromatic N) is 1. The van der Waals surface area contributed by atoms with Crippen molar-refractivity contribution < 1.29 is 13.0 Å². The van der Waals surface area contributed by atoms with Gasteiger partial charge in [-0.3, -0.25) is 4.55 Å². The summed E-state index contributed by atoms with van der Waals surface area (Å²) in [5.74, 6) is 0. The molecule has 1 aliphatic rings. The molecule has 1 N–H and O–H groups in total. The van der Waals surface area contributed by atoms with Crippen molar-refractivity contribution in [3.05, 3.63) is 0 Å². The van der Waals surface area contributed by atoms with Gasteiger partial charge in [-0.25, -0.2) is 4.42 Å². The number of rotatable bonds is 1. The minimum absolute atomic E-state index is 0.419. The highest BCUT2D eigenvalue weighted by atomic mass is 35.5. The molecule has 0 spiro atoms. The van der Waals surface area contributed by atoms with E-state index in [1.165, 1.54) is 4.42 Å². The van der Waals surface area contributed by atoms with Gasteiger partial charge in [0.15, 0.2) is 0 Å². The fourth-order valence-corrected chi connectivity index (χ4v) is 2.12. The third-order valence-electron chi connectivity index (χ3n) is 1.81. The second-order valence-electron chi connectivity index (χ2n) is 2.62. The Balaban J connectivity index is 2.53. The van der Waals surface area contributed by atoms with E-state index < -0.39 is 15.4 Å². The molecular formula is C5H10ClNO3S. The first-order chi connectivity index (χ1) is 5.00. The molecule has 6 heteroatoms. The van der Waals surface area contributed by atoms with Gasteiger partial charge in [0.25, 0.3) is 10.1 Å². The van der Waals surface area contributed by atoms with Crippen LogP contribution in [0.3, 0.4) is 0 Å². The number of piperidine rings is 1. The summed E-state index contributed by atoms with van der Waals surface area (Å²) in [6.45, 7) is 1.04. The first-order valence-corrected chi connectivity index (χ1v) is 5.21. The molecule has 0 atom stereocenters. The molecule has 1 heterocycles. The molecule has 0 radical (unpaired) electrons. The van der Waals surface area contributed by atoms with Crippen molar-refractivity contribution in [3.63, 3.8) is 0 Å². The zero-order chi connectivity index (χ0) is 8.48. The molecule has 0 aromatic carbocycles. The van der Waals surface area contributed by atoms with Crippen LogP contribution in [0.1, 0.15) is 12.8 Å². The van der Waals surface area contributed by atoms with Crippen molar-refractivity contribution in [2.75, 3.05) is 13.1 Å². The summed E-state index contributed by atoms with van der Waals surface area (Å²) in [7, 11) is -3.83. The molecule has 1 aliphatic heterocycles. The normalized spacial score (nSPS) is 23.8. The van der Waals surface area contributed by atoms with Crippen molar-refractivity contribution >= 4 is 21.9 Å². The SMILES string of the molecule is O=S(=O)(O)C1CCN(Cl)CC1. The topological polar surface area (TPSA) is 57.6 Å². The quantitative estimate of drug-likeness (QED) is 0.494. The van der Waals surface area contributed by atoms with E-state index in [0.717, 1.165) is 0 Å². The molecule has 0 aromatic heterocycles. The minimum atomic E-state index is -3.83. The minimum Gasteiger partial charge on any atom is -0.285 e. The molecule has 4 nitrogen and oxygen atoms in total. The maximum atomic E-state index is 10.6. The van der Waals surface area contributed by atoms with Gasteiger partial charge in [0.05, 0.1) is 5.25 Å². The molecule has 66 valence electrons. The van der Waals surface area contributed by atoms with Gasteiger partial charge in [0.2, 0.25) is 0 Å². The lowest BCUT2D eigenvalue weighted by Gasteiger charge is -2.24. The number of hydrogen-bond acceptors (Lipinski definition) is 3. The zero-order valence-electron chi connectivity index (χ0n) is 5.90. The van der Waals surface area contributed by atoms with Crippen LogP contribution in [0.25, 0.3) is 0 Å². The third-order valence-corrected chi connectivity index (χ3v) is 3.46. The van der Waals surface area contributed by atoms with Crippen molar-refractivity contribution in [1.29, 1.82) is 0 Å². The van der Waals surface area contributed by atoms with Crippen LogP contribution in [-0.4, -0.2) is 35.7 Å². The summed E-state index contributed by atoms with van der Waals surface area (Å²) in [6, 6.07) is 0. The summed E-state index contributed by atoms with van der Waals surface area (Å²) >= 11 is 5.59. The van der Waals surface area contributed by atoms with Crippen LogP contribution in [0.5, 0.6) is 0 Å². The van der Waals surface area contributed by atoms with E-state index in [0.29, 0.717) is 25.9 Å². The Hall–Kier alpha value is 0.160. The summed E-state index contributed by atoms with van der Waals surface area (Å²) in [6.07, 6.45) is 0.838. The molecule has 0 unspecified atom stereocenters. The van der Waals surface area contributed by atoms with Crippen LogP contribution in [-0.2, 0) is 10.1 Å². The molecule has 11 heavy (non-hydrogen) atoms. The molecular weight excluding hydrogens is 190 g/mol. The lowest BCUT2D eigenvalue weighted by molar-refractivity contribution is 0.352. The fourth-order valence-electron chi connectivity index (χ4n) is 1.12. The Kier molecular flexibility index (Phi) is 2.74. The smallest absolute Gasteiger partial charge is 0.267 e. The summed E-state index contributed by atoms with van der Waals surface area (Å²) in [4.78, 5) is 0. The third kappa shape index (κ3) is 2.59. The highest BCUT2D eigenvalue weighted by molar-refractivity contribution is 7.86. The molecule has 0 aromatic rings. The van der Waals surface area contributed by atoms with Gasteiger partial charge in [-0.15, -0.1) is 0 Å². The maximum absolute atomic E-state index is 10.6. The Morgan fingerprint density at radius 3 is 2.18 bits per heavy atom. The summed E-state index contributed by atoms with van der Waals surface area (Å²) < 4.78 is 31.3. The average Bonchev–Trinajstić information content (AvgIpc) is 1.86. The van der Waals surface area contributed by atoms with Gasteiger partial charge in [0, 0.05) is 13.1 Å². The molecule has 0 saturated carbocycles. The Bertz CT molecular complexity index is 220. The summed E-state index contributed by atoms with van der Waals surface area (Å²) in [5.41, 5.74) is 0. The first-order valence-electron chi connectivity index (χ1n) is 3.37.